The average molecular weight is 533 g/mol. The molecule has 6 rings (SSSR count). The summed E-state index contributed by atoms with van der Waals surface area (Å²) in [6.07, 6.45) is 3.32. The van der Waals surface area contributed by atoms with Crippen molar-refractivity contribution < 1.29 is 23.2 Å². The molecule has 0 fully saturated rings. The number of thiophene rings is 1. The molecule has 10 heteroatoms. The monoisotopic (exact) mass is 532 g/mol. The van der Waals surface area contributed by atoms with Crippen LogP contribution in [0.2, 0.25) is 0 Å². The summed E-state index contributed by atoms with van der Waals surface area (Å²) in [4.78, 5) is 41.0. The molecule has 7 nitrogen and oxygen atoms in total. The lowest BCUT2D eigenvalue weighted by Gasteiger charge is -2.24. The number of imide groups is 1. The largest absolute Gasteiger partial charge is 0.365 e. The van der Waals surface area contributed by atoms with Crippen LogP contribution in [0.4, 0.5) is 8.78 Å². The number of hydrogen-bond donors (Lipinski definition) is 1. The number of nitrogens with two attached hydrogens (primary N) is 1. The number of amides is 3. The minimum Gasteiger partial charge on any atom is -0.365 e. The Kier molecular flexibility index (Phi) is 5.91. The van der Waals surface area contributed by atoms with E-state index in [9.17, 15) is 23.2 Å². The Labute approximate surface area is 220 Å². The third-order valence-electron chi connectivity index (χ3n) is 7.15. The summed E-state index contributed by atoms with van der Waals surface area (Å²) in [5.41, 5.74) is 8.75. The van der Waals surface area contributed by atoms with Crippen molar-refractivity contribution in [1.29, 1.82) is 0 Å². The molecule has 0 spiro atoms. The molecule has 2 aromatic heterocycles. The summed E-state index contributed by atoms with van der Waals surface area (Å²) in [6.45, 7) is 0.608. The Balaban J connectivity index is 1.46. The summed E-state index contributed by atoms with van der Waals surface area (Å²) in [5.74, 6) is -3.30. The first-order chi connectivity index (χ1) is 18.3. The zero-order valence-electron chi connectivity index (χ0n) is 20.1. The molecule has 2 aliphatic rings. The third kappa shape index (κ3) is 4.01. The van der Waals surface area contributed by atoms with Gasteiger partial charge in [-0.3, -0.25) is 24.0 Å². The van der Waals surface area contributed by atoms with Crippen molar-refractivity contribution in [3.8, 4) is 11.3 Å². The van der Waals surface area contributed by atoms with E-state index in [2.05, 4.69) is 5.10 Å². The molecule has 2 N–H and O–H groups in total. The van der Waals surface area contributed by atoms with Gasteiger partial charge in [-0.05, 0) is 49.1 Å². The highest BCUT2D eigenvalue weighted by Gasteiger charge is 2.38. The maximum atomic E-state index is 14.8. The number of nitrogens with zero attached hydrogens (tertiary/aromatic N) is 3. The zero-order valence-corrected chi connectivity index (χ0v) is 20.9. The fraction of sp³-hybridized carbons (Fsp3) is 0.214. The number of benzene rings is 2. The summed E-state index contributed by atoms with van der Waals surface area (Å²) in [7, 11) is 0. The second kappa shape index (κ2) is 9.29. The van der Waals surface area contributed by atoms with Crippen molar-refractivity contribution in [3.05, 3.63) is 98.4 Å². The van der Waals surface area contributed by atoms with E-state index in [-0.39, 0.29) is 18.5 Å². The predicted molar refractivity (Wildman–Crippen MR) is 137 cm³/mol. The first-order valence-electron chi connectivity index (χ1n) is 12.2. The average Bonchev–Trinajstić information content (AvgIpc) is 3.54. The fourth-order valence-electron chi connectivity index (χ4n) is 5.34. The Hall–Kier alpha value is -4.18. The van der Waals surface area contributed by atoms with E-state index in [0.29, 0.717) is 28.1 Å². The van der Waals surface area contributed by atoms with Gasteiger partial charge in [0.15, 0.2) is 0 Å². The molecule has 0 saturated carbocycles. The van der Waals surface area contributed by atoms with Gasteiger partial charge in [0.1, 0.15) is 11.6 Å². The molecule has 0 aliphatic carbocycles. The standard InChI is InChI=1S/C28H22F2N4O3S/c29-17-8-7-15(22(30)11-17)10-16(14-33-27(36)18-4-1-2-5-19(18)28(33)37)21-13-32-34-9-3-6-23-20(25(21)34)12-24(38-23)26(31)35/h1-2,4-5,7-8,11-13,16H,3,6,9-10,14H2,(H2,31,35)/t16-/m1/s1. The number of rotatable bonds is 6. The van der Waals surface area contributed by atoms with Crippen LogP contribution in [-0.4, -0.2) is 38.9 Å². The molecule has 38 heavy (non-hydrogen) atoms. The van der Waals surface area contributed by atoms with Crippen LogP contribution >= 0.6 is 11.3 Å². The van der Waals surface area contributed by atoms with Gasteiger partial charge in [-0.1, -0.05) is 18.2 Å². The topological polar surface area (TPSA) is 98.3 Å². The summed E-state index contributed by atoms with van der Waals surface area (Å²) in [6, 6.07) is 11.8. The van der Waals surface area contributed by atoms with Crippen molar-refractivity contribution in [2.24, 2.45) is 5.73 Å². The van der Waals surface area contributed by atoms with Gasteiger partial charge in [-0.2, -0.15) is 5.10 Å². The second-order valence-corrected chi connectivity index (χ2v) is 10.6. The van der Waals surface area contributed by atoms with Gasteiger partial charge in [-0.15, -0.1) is 11.3 Å². The number of aryl methyl sites for hydroxylation is 2. The Morgan fingerprint density at radius 3 is 2.47 bits per heavy atom. The normalized spacial score (nSPS) is 15.2. The Bertz CT molecular complexity index is 1590. The van der Waals surface area contributed by atoms with Crippen LogP contribution in [0.5, 0.6) is 0 Å². The van der Waals surface area contributed by atoms with E-state index < -0.39 is 35.3 Å². The maximum Gasteiger partial charge on any atom is 0.261 e. The van der Waals surface area contributed by atoms with Crippen LogP contribution < -0.4 is 5.73 Å². The van der Waals surface area contributed by atoms with Crippen molar-refractivity contribution in [1.82, 2.24) is 14.7 Å². The van der Waals surface area contributed by atoms with Crippen molar-refractivity contribution in [3.63, 3.8) is 0 Å². The van der Waals surface area contributed by atoms with Gasteiger partial charge in [0.2, 0.25) is 0 Å². The van der Waals surface area contributed by atoms with E-state index >= 15 is 0 Å². The lowest BCUT2D eigenvalue weighted by Crippen LogP contribution is -2.34. The number of fused-ring (bicyclic) bond motifs is 4. The van der Waals surface area contributed by atoms with Gasteiger partial charge >= 0.3 is 0 Å². The first kappa shape index (κ1) is 24.2. The molecular weight excluding hydrogens is 510 g/mol. The van der Waals surface area contributed by atoms with Gasteiger partial charge in [0.25, 0.3) is 17.7 Å². The van der Waals surface area contributed by atoms with E-state index in [1.54, 1.807) is 36.5 Å². The molecule has 0 bridgehead atoms. The number of carbonyl (C=O) groups is 3. The summed E-state index contributed by atoms with van der Waals surface area (Å²) < 4.78 is 30.3. The fourth-order valence-corrected chi connectivity index (χ4v) is 6.39. The third-order valence-corrected chi connectivity index (χ3v) is 8.36. The maximum absolute atomic E-state index is 14.8. The summed E-state index contributed by atoms with van der Waals surface area (Å²) >= 11 is 1.34. The highest BCUT2D eigenvalue weighted by atomic mass is 32.1. The zero-order chi connectivity index (χ0) is 26.6. The number of aromatic nitrogens is 2. The van der Waals surface area contributed by atoms with Crippen molar-refractivity contribution in [2.75, 3.05) is 6.54 Å². The molecule has 2 aliphatic heterocycles. The quantitative estimate of drug-likeness (QED) is 0.368. The second-order valence-electron chi connectivity index (χ2n) is 9.49. The van der Waals surface area contributed by atoms with E-state index in [4.69, 9.17) is 5.73 Å². The highest BCUT2D eigenvalue weighted by molar-refractivity contribution is 7.14. The van der Waals surface area contributed by atoms with Crippen molar-refractivity contribution >= 4 is 29.1 Å². The molecule has 1 atom stereocenters. The number of primary amides is 1. The van der Waals surface area contributed by atoms with E-state index in [1.165, 1.54) is 28.4 Å². The molecule has 3 amide bonds. The lowest BCUT2D eigenvalue weighted by atomic mass is 9.89. The summed E-state index contributed by atoms with van der Waals surface area (Å²) in [5, 5.41) is 4.58. The van der Waals surface area contributed by atoms with Crippen LogP contribution in [-0.2, 0) is 19.4 Å². The Morgan fingerprint density at radius 2 is 1.79 bits per heavy atom. The van der Waals surface area contributed by atoms with E-state index in [0.717, 1.165) is 35.0 Å². The van der Waals surface area contributed by atoms with E-state index in [1.807, 2.05) is 4.68 Å². The Morgan fingerprint density at radius 1 is 1.05 bits per heavy atom. The minimum atomic E-state index is -0.706. The predicted octanol–water partition coefficient (Wildman–Crippen LogP) is 4.56. The number of carbonyl (C=O) groups excluding carboxylic acids is 3. The molecule has 0 radical (unpaired) electrons. The minimum absolute atomic E-state index is 0.0238. The molecule has 2 aromatic carbocycles. The molecule has 4 aromatic rings. The number of hydrogen-bond acceptors (Lipinski definition) is 5. The molecule has 4 heterocycles. The van der Waals surface area contributed by atoms with Gasteiger partial charge in [0.05, 0.1) is 27.9 Å². The van der Waals surface area contributed by atoms with Gasteiger partial charge in [-0.25, -0.2) is 8.78 Å². The van der Waals surface area contributed by atoms with Crippen LogP contribution in [0.3, 0.4) is 0 Å². The van der Waals surface area contributed by atoms with Crippen LogP contribution in [0.15, 0.2) is 54.7 Å². The first-order valence-corrected chi connectivity index (χ1v) is 13.0. The SMILES string of the molecule is NC(=O)c1cc2c(s1)CCCn1ncc([C@H](Cc3ccc(F)cc3F)CN3C(=O)c4ccccc4C3=O)c1-2. The smallest absolute Gasteiger partial charge is 0.261 e. The van der Waals surface area contributed by atoms with Crippen molar-refractivity contribution in [2.45, 2.75) is 31.7 Å². The molecular formula is C28H22F2N4O3S. The highest BCUT2D eigenvalue weighted by Crippen LogP contribution is 2.41. The molecule has 0 unspecified atom stereocenters. The number of halogens is 2. The lowest BCUT2D eigenvalue weighted by molar-refractivity contribution is 0.0643. The molecule has 0 saturated heterocycles. The van der Waals surface area contributed by atoms with Crippen LogP contribution in [0.25, 0.3) is 11.3 Å². The van der Waals surface area contributed by atoms with Crippen LogP contribution in [0.1, 0.15) is 58.7 Å². The van der Waals surface area contributed by atoms with Gasteiger partial charge in [0, 0.05) is 41.1 Å². The van der Waals surface area contributed by atoms with Gasteiger partial charge < -0.3 is 5.73 Å². The molecule has 192 valence electrons. The van der Waals surface area contributed by atoms with Crippen LogP contribution in [0, 0.1) is 11.6 Å².